The number of halogens is 4. The van der Waals surface area contributed by atoms with Crippen LogP contribution in [-0.2, 0) is 0 Å². The summed E-state index contributed by atoms with van der Waals surface area (Å²) in [7, 11) is 0. The van der Waals surface area contributed by atoms with E-state index in [-0.39, 0.29) is 5.75 Å². The van der Waals surface area contributed by atoms with Crippen molar-refractivity contribution in [2.24, 2.45) is 0 Å². The number of hydrogen-bond acceptors (Lipinski definition) is 2. The van der Waals surface area contributed by atoms with Gasteiger partial charge in [0, 0.05) is 5.88 Å². The number of hydrogen-bond donors (Lipinski definition) is 0. The van der Waals surface area contributed by atoms with E-state index in [0.717, 1.165) is 0 Å². The van der Waals surface area contributed by atoms with Crippen LogP contribution in [-0.4, -0.2) is 18.8 Å². The molecule has 0 amide bonds. The fraction of sp³-hybridized carbons (Fsp3) is 0.273. The fourth-order valence-corrected chi connectivity index (χ4v) is 1.14. The lowest BCUT2D eigenvalue weighted by atomic mass is 10.3. The lowest BCUT2D eigenvalue weighted by Gasteiger charge is -2.09. The highest BCUT2D eigenvalue weighted by molar-refractivity contribution is 6.18. The molecule has 0 fully saturated rings. The van der Waals surface area contributed by atoms with Gasteiger partial charge in [0.05, 0.1) is 0 Å². The van der Waals surface area contributed by atoms with Crippen LogP contribution in [0.3, 0.4) is 0 Å². The quantitative estimate of drug-likeness (QED) is 0.597. The molecule has 0 saturated carbocycles. The van der Waals surface area contributed by atoms with Gasteiger partial charge < -0.3 is 9.47 Å². The first-order valence-electron chi connectivity index (χ1n) is 4.71. The van der Waals surface area contributed by atoms with E-state index < -0.39 is 6.36 Å². The molecule has 0 heterocycles. The van der Waals surface area contributed by atoms with E-state index in [9.17, 15) is 13.2 Å². The Morgan fingerprint density at radius 3 is 2.18 bits per heavy atom. The summed E-state index contributed by atoms with van der Waals surface area (Å²) in [5.41, 5.74) is 0. The van der Waals surface area contributed by atoms with E-state index in [1.807, 2.05) is 0 Å². The summed E-state index contributed by atoms with van der Waals surface area (Å²) in [6.07, 6.45) is -1.25. The highest BCUT2D eigenvalue weighted by atomic mass is 35.5. The molecule has 0 aromatic heterocycles. The predicted octanol–water partition coefficient (Wildman–Crippen LogP) is 3.76. The molecule has 0 unspecified atom stereocenters. The van der Waals surface area contributed by atoms with Crippen LogP contribution in [0.2, 0.25) is 0 Å². The molecule has 0 aliphatic heterocycles. The van der Waals surface area contributed by atoms with Crippen molar-refractivity contribution in [2.75, 3.05) is 12.5 Å². The van der Waals surface area contributed by atoms with Gasteiger partial charge in [-0.25, -0.2) is 0 Å². The van der Waals surface area contributed by atoms with Crippen molar-refractivity contribution in [3.63, 3.8) is 0 Å². The summed E-state index contributed by atoms with van der Waals surface area (Å²) in [6.45, 7) is 0.312. The molecule has 17 heavy (non-hydrogen) atoms. The highest BCUT2D eigenvalue weighted by Crippen LogP contribution is 2.24. The summed E-state index contributed by atoms with van der Waals surface area (Å²) >= 11 is 5.40. The maximum atomic E-state index is 11.9. The lowest BCUT2D eigenvalue weighted by Crippen LogP contribution is -2.16. The van der Waals surface area contributed by atoms with Gasteiger partial charge in [0.25, 0.3) is 0 Å². The average Bonchev–Trinajstić information content (AvgIpc) is 2.25. The van der Waals surface area contributed by atoms with Crippen LogP contribution in [0.15, 0.2) is 36.4 Å². The van der Waals surface area contributed by atoms with E-state index >= 15 is 0 Å². The molecule has 6 heteroatoms. The van der Waals surface area contributed by atoms with E-state index in [2.05, 4.69) is 4.74 Å². The Hall–Kier alpha value is -1.36. The first kappa shape index (κ1) is 13.7. The topological polar surface area (TPSA) is 18.5 Å². The summed E-state index contributed by atoms with van der Waals surface area (Å²) in [4.78, 5) is 0. The van der Waals surface area contributed by atoms with Crippen molar-refractivity contribution in [1.29, 1.82) is 0 Å². The molecule has 1 aromatic rings. The Bertz CT molecular complexity index is 360. The molecule has 0 aliphatic rings. The predicted molar refractivity (Wildman–Crippen MR) is 58.5 cm³/mol. The number of ether oxygens (including phenoxy) is 2. The van der Waals surface area contributed by atoms with Gasteiger partial charge in [0.1, 0.15) is 18.1 Å². The van der Waals surface area contributed by atoms with E-state index in [4.69, 9.17) is 16.3 Å². The van der Waals surface area contributed by atoms with Crippen molar-refractivity contribution in [3.8, 4) is 11.5 Å². The molecule has 1 rings (SSSR count). The van der Waals surface area contributed by atoms with Crippen molar-refractivity contribution in [1.82, 2.24) is 0 Å². The zero-order valence-electron chi connectivity index (χ0n) is 8.71. The molecule has 0 saturated heterocycles. The summed E-state index contributed by atoms with van der Waals surface area (Å²) < 4.78 is 44.5. The molecule has 0 aliphatic carbocycles. The fourth-order valence-electron chi connectivity index (χ4n) is 1.01. The third-order valence-corrected chi connectivity index (χ3v) is 1.84. The van der Waals surface area contributed by atoms with Gasteiger partial charge in [-0.2, -0.15) is 0 Å². The lowest BCUT2D eigenvalue weighted by molar-refractivity contribution is -0.274. The largest absolute Gasteiger partial charge is 0.573 e. The monoisotopic (exact) mass is 266 g/mol. The number of alkyl halides is 4. The van der Waals surface area contributed by atoms with Crippen LogP contribution in [0, 0.1) is 0 Å². The zero-order chi connectivity index (χ0) is 12.7. The first-order valence-corrected chi connectivity index (χ1v) is 5.24. The minimum atomic E-state index is -4.68. The number of benzene rings is 1. The second-order valence-electron chi connectivity index (χ2n) is 2.96. The zero-order valence-corrected chi connectivity index (χ0v) is 9.46. The van der Waals surface area contributed by atoms with Crippen molar-refractivity contribution in [2.45, 2.75) is 6.36 Å². The molecule has 0 spiro atoms. The van der Waals surface area contributed by atoms with Crippen LogP contribution < -0.4 is 9.47 Å². The molecule has 2 nitrogen and oxygen atoms in total. The van der Waals surface area contributed by atoms with Crippen LogP contribution in [0.5, 0.6) is 11.5 Å². The molecular weight excluding hydrogens is 257 g/mol. The maximum absolute atomic E-state index is 11.9. The molecule has 0 bridgehead atoms. The number of allylic oxidation sites excluding steroid dienone is 1. The maximum Gasteiger partial charge on any atom is 0.573 e. The highest BCUT2D eigenvalue weighted by Gasteiger charge is 2.30. The van der Waals surface area contributed by atoms with Crippen molar-refractivity contribution >= 4 is 11.6 Å². The van der Waals surface area contributed by atoms with Gasteiger partial charge in [-0.05, 0) is 24.3 Å². The van der Waals surface area contributed by atoms with Crippen LogP contribution >= 0.6 is 11.6 Å². The third-order valence-electron chi connectivity index (χ3n) is 1.66. The van der Waals surface area contributed by atoms with E-state index in [1.165, 1.54) is 24.3 Å². The Balaban J connectivity index is 2.47. The molecule has 94 valence electrons. The summed E-state index contributed by atoms with van der Waals surface area (Å²) in [5, 5.41) is 0. The van der Waals surface area contributed by atoms with Gasteiger partial charge >= 0.3 is 6.36 Å². The normalized spacial score (nSPS) is 11.8. The van der Waals surface area contributed by atoms with Gasteiger partial charge in [-0.1, -0.05) is 12.2 Å². The van der Waals surface area contributed by atoms with Gasteiger partial charge in [0.15, 0.2) is 0 Å². The minimum absolute atomic E-state index is 0.277. The SMILES string of the molecule is FC(F)(F)Oc1ccc(OC/C=C/CCl)cc1. The second kappa shape index (κ2) is 6.39. The van der Waals surface area contributed by atoms with Crippen molar-refractivity contribution < 1.29 is 22.6 Å². The summed E-state index contributed by atoms with van der Waals surface area (Å²) in [5.74, 6) is 0.571. The Labute approximate surface area is 102 Å². The molecule has 0 radical (unpaired) electrons. The van der Waals surface area contributed by atoms with Gasteiger partial charge in [-0.15, -0.1) is 24.8 Å². The van der Waals surface area contributed by atoms with E-state index in [1.54, 1.807) is 12.2 Å². The smallest absolute Gasteiger partial charge is 0.490 e. The first-order chi connectivity index (χ1) is 8.01. The van der Waals surface area contributed by atoms with Crippen LogP contribution in [0.4, 0.5) is 13.2 Å². The minimum Gasteiger partial charge on any atom is -0.490 e. The third kappa shape index (κ3) is 6.06. The van der Waals surface area contributed by atoms with Gasteiger partial charge in [0.2, 0.25) is 0 Å². The number of rotatable bonds is 5. The van der Waals surface area contributed by atoms with Gasteiger partial charge in [-0.3, -0.25) is 0 Å². The average molecular weight is 267 g/mol. The Morgan fingerprint density at radius 2 is 1.65 bits per heavy atom. The standard InChI is InChI=1S/C11H10ClF3O2/c12-7-1-2-8-16-9-3-5-10(6-4-9)17-11(13,14)15/h1-6H,7-8H2/b2-1+. The molecule has 0 atom stereocenters. The molecule has 1 aromatic carbocycles. The Kier molecular flexibility index (Phi) is 5.15. The summed E-state index contributed by atoms with van der Waals surface area (Å²) in [6, 6.07) is 5.17. The van der Waals surface area contributed by atoms with Crippen molar-refractivity contribution in [3.05, 3.63) is 36.4 Å². The Morgan fingerprint density at radius 1 is 1.06 bits per heavy atom. The van der Waals surface area contributed by atoms with Crippen LogP contribution in [0.1, 0.15) is 0 Å². The molecular formula is C11H10ClF3O2. The van der Waals surface area contributed by atoms with Crippen LogP contribution in [0.25, 0.3) is 0 Å². The second-order valence-corrected chi connectivity index (χ2v) is 3.26. The van der Waals surface area contributed by atoms with E-state index in [0.29, 0.717) is 18.2 Å². The molecule has 0 N–H and O–H groups in total.